The zero-order valence-electron chi connectivity index (χ0n) is 14.6. The van der Waals surface area contributed by atoms with Crippen LogP contribution in [0.15, 0.2) is 48.5 Å². The van der Waals surface area contributed by atoms with Crippen molar-refractivity contribution in [3.05, 3.63) is 59.7 Å². The molecule has 0 saturated carbocycles. The summed E-state index contributed by atoms with van der Waals surface area (Å²) in [5.41, 5.74) is 0.106. The predicted octanol–water partition coefficient (Wildman–Crippen LogP) is 3.40. The summed E-state index contributed by atoms with van der Waals surface area (Å²) in [4.78, 5) is 23.6. The molecule has 27 heavy (non-hydrogen) atoms. The van der Waals surface area contributed by atoms with Gasteiger partial charge in [0.1, 0.15) is 12.2 Å². The zero-order valence-corrected chi connectivity index (χ0v) is 14.6. The van der Waals surface area contributed by atoms with Gasteiger partial charge in [-0.2, -0.15) is 13.2 Å². The average Bonchev–Trinajstić information content (AvgIpc) is 2.61. The van der Waals surface area contributed by atoms with Crippen LogP contribution in [0.2, 0.25) is 0 Å². The van der Waals surface area contributed by atoms with Gasteiger partial charge in [0, 0.05) is 12.2 Å². The fraction of sp³-hybridized carbons (Fsp3) is 0.263. The Labute approximate surface area is 154 Å². The number of rotatable bonds is 7. The minimum absolute atomic E-state index is 0.0131. The minimum Gasteiger partial charge on any atom is -0.497 e. The highest BCUT2D eigenvalue weighted by atomic mass is 19.4. The van der Waals surface area contributed by atoms with Gasteiger partial charge in [-0.05, 0) is 42.3 Å². The van der Waals surface area contributed by atoms with E-state index in [1.165, 1.54) is 12.1 Å². The van der Waals surface area contributed by atoms with E-state index in [-0.39, 0.29) is 5.69 Å². The van der Waals surface area contributed by atoms with Crippen molar-refractivity contribution in [1.82, 2.24) is 5.32 Å². The van der Waals surface area contributed by atoms with E-state index in [1.54, 1.807) is 19.2 Å². The molecular formula is C19H19F3N2O3. The van der Waals surface area contributed by atoms with E-state index in [2.05, 4.69) is 10.6 Å². The Balaban J connectivity index is 1.77. The minimum atomic E-state index is -4.50. The van der Waals surface area contributed by atoms with Crippen molar-refractivity contribution in [2.24, 2.45) is 0 Å². The van der Waals surface area contributed by atoms with E-state index < -0.39 is 30.0 Å². The third-order valence-corrected chi connectivity index (χ3v) is 3.69. The molecule has 2 aromatic carbocycles. The molecule has 0 radical (unpaired) electrons. The van der Waals surface area contributed by atoms with Gasteiger partial charge in [0.15, 0.2) is 0 Å². The summed E-state index contributed by atoms with van der Waals surface area (Å²) >= 11 is 0. The molecule has 0 aliphatic carbocycles. The number of benzene rings is 2. The number of anilines is 1. The molecule has 8 heteroatoms. The topological polar surface area (TPSA) is 67.4 Å². The number of halogens is 3. The molecule has 0 aromatic heterocycles. The summed E-state index contributed by atoms with van der Waals surface area (Å²) in [6, 6.07) is 11.6. The average molecular weight is 380 g/mol. The molecule has 0 aliphatic heterocycles. The summed E-state index contributed by atoms with van der Waals surface area (Å²) in [6.07, 6.45) is -4.40. The van der Waals surface area contributed by atoms with E-state index in [0.29, 0.717) is 13.0 Å². The SMILES string of the molecule is COc1ccc(CCNC(=O)CC(=O)Nc2cccc(C(F)(F)F)c2)cc1. The summed E-state index contributed by atoms with van der Waals surface area (Å²) in [7, 11) is 1.57. The van der Waals surface area contributed by atoms with Gasteiger partial charge in [-0.15, -0.1) is 0 Å². The molecule has 0 spiro atoms. The third kappa shape index (κ3) is 6.65. The van der Waals surface area contributed by atoms with E-state index in [9.17, 15) is 22.8 Å². The summed E-state index contributed by atoms with van der Waals surface area (Å²) in [6.45, 7) is 0.335. The van der Waals surface area contributed by atoms with Crippen LogP contribution in [0.3, 0.4) is 0 Å². The molecule has 0 aliphatic rings. The highest BCUT2D eigenvalue weighted by Crippen LogP contribution is 2.30. The molecule has 0 bridgehead atoms. The van der Waals surface area contributed by atoms with Crippen molar-refractivity contribution in [2.45, 2.75) is 19.0 Å². The molecule has 0 fully saturated rings. The maximum absolute atomic E-state index is 12.7. The van der Waals surface area contributed by atoms with Gasteiger partial charge in [-0.3, -0.25) is 9.59 Å². The van der Waals surface area contributed by atoms with Crippen molar-refractivity contribution in [2.75, 3.05) is 19.0 Å². The number of hydrogen-bond acceptors (Lipinski definition) is 3. The lowest BCUT2D eigenvalue weighted by Gasteiger charge is -2.10. The van der Waals surface area contributed by atoms with Crippen LogP contribution < -0.4 is 15.4 Å². The van der Waals surface area contributed by atoms with Crippen molar-refractivity contribution >= 4 is 17.5 Å². The fourth-order valence-corrected chi connectivity index (χ4v) is 2.33. The number of ether oxygens (including phenoxy) is 1. The highest BCUT2D eigenvalue weighted by Gasteiger charge is 2.30. The molecule has 0 atom stereocenters. The number of hydrogen-bond donors (Lipinski definition) is 2. The molecule has 0 saturated heterocycles. The van der Waals surface area contributed by atoms with Gasteiger partial charge in [0.25, 0.3) is 0 Å². The maximum atomic E-state index is 12.7. The van der Waals surface area contributed by atoms with Crippen molar-refractivity contribution in [1.29, 1.82) is 0 Å². The lowest BCUT2D eigenvalue weighted by atomic mass is 10.1. The van der Waals surface area contributed by atoms with Crippen LogP contribution in [-0.2, 0) is 22.2 Å². The quantitative estimate of drug-likeness (QED) is 0.724. The molecular weight excluding hydrogens is 361 g/mol. The Kier molecular flexibility index (Phi) is 6.81. The summed E-state index contributed by atoms with van der Waals surface area (Å²) in [5, 5.41) is 4.89. The van der Waals surface area contributed by atoms with Crippen LogP contribution >= 0.6 is 0 Å². The molecule has 2 aromatic rings. The number of carbonyl (C=O) groups excluding carboxylic acids is 2. The summed E-state index contributed by atoms with van der Waals surface area (Å²) < 4.78 is 43.0. The fourth-order valence-electron chi connectivity index (χ4n) is 2.33. The first-order chi connectivity index (χ1) is 12.8. The Morgan fingerprint density at radius 2 is 1.74 bits per heavy atom. The smallest absolute Gasteiger partial charge is 0.416 e. The Bertz CT molecular complexity index is 790. The van der Waals surface area contributed by atoms with Gasteiger partial charge in [-0.1, -0.05) is 18.2 Å². The van der Waals surface area contributed by atoms with E-state index >= 15 is 0 Å². The van der Waals surface area contributed by atoms with Crippen LogP contribution in [0, 0.1) is 0 Å². The summed E-state index contributed by atoms with van der Waals surface area (Å²) in [5.74, 6) is -0.460. The lowest BCUT2D eigenvalue weighted by molar-refractivity contribution is -0.137. The van der Waals surface area contributed by atoms with Gasteiger partial charge in [-0.25, -0.2) is 0 Å². The normalized spacial score (nSPS) is 11.0. The Morgan fingerprint density at radius 3 is 2.37 bits per heavy atom. The van der Waals surface area contributed by atoms with Gasteiger partial charge in [0.2, 0.25) is 11.8 Å². The van der Waals surface area contributed by atoms with Crippen LogP contribution in [0.25, 0.3) is 0 Å². The van der Waals surface area contributed by atoms with Crippen molar-refractivity contribution < 1.29 is 27.5 Å². The molecule has 2 rings (SSSR count). The standard InChI is InChI=1S/C19H19F3N2O3/c1-27-16-7-5-13(6-8-16)9-10-23-17(25)12-18(26)24-15-4-2-3-14(11-15)19(20,21)22/h2-8,11H,9-10,12H2,1H3,(H,23,25)(H,24,26). The maximum Gasteiger partial charge on any atom is 0.416 e. The first-order valence-electron chi connectivity index (χ1n) is 8.14. The number of alkyl halides is 3. The van der Waals surface area contributed by atoms with Crippen LogP contribution in [-0.4, -0.2) is 25.5 Å². The number of nitrogens with one attached hydrogen (secondary N) is 2. The molecule has 5 nitrogen and oxygen atoms in total. The Hall–Kier alpha value is -3.03. The molecule has 2 N–H and O–H groups in total. The second-order valence-electron chi connectivity index (χ2n) is 5.75. The number of carbonyl (C=O) groups is 2. The van der Waals surface area contributed by atoms with Crippen molar-refractivity contribution in [3.63, 3.8) is 0 Å². The monoisotopic (exact) mass is 380 g/mol. The third-order valence-electron chi connectivity index (χ3n) is 3.69. The molecule has 2 amide bonds. The zero-order chi connectivity index (χ0) is 19.9. The Morgan fingerprint density at radius 1 is 1.04 bits per heavy atom. The van der Waals surface area contributed by atoms with Gasteiger partial charge >= 0.3 is 6.18 Å². The van der Waals surface area contributed by atoms with Crippen molar-refractivity contribution in [3.8, 4) is 5.75 Å². The number of methoxy groups -OCH3 is 1. The van der Waals surface area contributed by atoms with Gasteiger partial charge in [0.05, 0.1) is 12.7 Å². The lowest BCUT2D eigenvalue weighted by Crippen LogP contribution is -2.29. The largest absolute Gasteiger partial charge is 0.497 e. The second-order valence-corrected chi connectivity index (χ2v) is 5.75. The first kappa shape index (κ1) is 20.3. The van der Waals surface area contributed by atoms with Gasteiger partial charge < -0.3 is 15.4 Å². The van der Waals surface area contributed by atoms with Crippen LogP contribution in [0.4, 0.5) is 18.9 Å². The highest BCUT2D eigenvalue weighted by molar-refractivity contribution is 6.03. The van der Waals surface area contributed by atoms with E-state index in [1.807, 2.05) is 12.1 Å². The molecule has 0 heterocycles. The van der Waals surface area contributed by atoms with Crippen LogP contribution in [0.5, 0.6) is 5.75 Å². The number of amides is 2. The predicted molar refractivity (Wildman–Crippen MR) is 94.4 cm³/mol. The first-order valence-corrected chi connectivity index (χ1v) is 8.14. The molecule has 144 valence electrons. The second kappa shape index (κ2) is 9.07. The van der Waals surface area contributed by atoms with Crippen LogP contribution in [0.1, 0.15) is 17.5 Å². The van der Waals surface area contributed by atoms with E-state index in [0.717, 1.165) is 23.4 Å². The molecule has 0 unspecified atom stereocenters. The van der Waals surface area contributed by atoms with E-state index in [4.69, 9.17) is 4.74 Å².